The van der Waals surface area contributed by atoms with E-state index < -0.39 is 0 Å². The second kappa shape index (κ2) is 16.7. The maximum absolute atomic E-state index is 6.95. The predicted molar refractivity (Wildman–Crippen MR) is 329 cm³/mol. The van der Waals surface area contributed by atoms with E-state index in [9.17, 15) is 0 Å². The summed E-state index contributed by atoms with van der Waals surface area (Å²) in [5.41, 5.74) is 21.7. The molecule has 10 aromatic rings. The second-order valence-corrected chi connectivity index (χ2v) is 27.6. The zero-order valence-corrected chi connectivity index (χ0v) is 47.6. The van der Waals surface area contributed by atoms with Gasteiger partial charge in [0.05, 0.1) is 17.1 Å². The lowest BCUT2D eigenvalue weighted by atomic mass is 9.36. The summed E-state index contributed by atoms with van der Waals surface area (Å²) in [6.07, 6.45) is 2.33. The first-order valence-electron chi connectivity index (χ1n) is 27.6. The normalized spacial score (nSPS) is 15.7. The predicted octanol–water partition coefficient (Wildman–Crippen LogP) is 18.6. The van der Waals surface area contributed by atoms with Crippen molar-refractivity contribution in [2.24, 2.45) is 0 Å². The molecule has 6 heteroatoms. The van der Waals surface area contributed by atoms with Gasteiger partial charge in [-0.15, -0.1) is 11.3 Å². The van der Waals surface area contributed by atoms with E-state index in [-0.39, 0.29) is 33.8 Å². The van der Waals surface area contributed by atoms with Gasteiger partial charge in [0.2, 0.25) is 0 Å². The molecule has 76 heavy (non-hydrogen) atoms. The van der Waals surface area contributed by atoms with E-state index in [0.717, 1.165) is 56.8 Å². The highest BCUT2D eigenvalue weighted by Gasteiger charge is 2.47. The Bertz CT molecular complexity index is 3950. The summed E-state index contributed by atoms with van der Waals surface area (Å²) in [4.78, 5) is 7.69. The van der Waals surface area contributed by atoms with Gasteiger partial charge in [0.15, 0.2) is 5.58 Å². The maximum atomic E-state index is 6.95. The van der Waals surface area contributed by atoms with Gasteiger partial charge in [-0.1, -0.05) is 175 Å². The molecule has 0 saturated heterocycles. The smallest absolute Gasteiger partial charge is 0.264 e. The fraction of sp³-hybridized carbons (Fsp3) is 0.286. The summed E-state index contributed by atoms with van der Waals surface area (Å²) in [6, 6.07) is 62.5. The molecule has 0 saturated carbocycles. The lowest BCUT2D eigenvalue weighted by molar-refractivity contribution is 0.332. The van der Waals surface area contributed by atoms with E-state index in [0.29, 0.717) is 0 Å². The summed E-state index contributed by atoms with van der Waals surface area (Å²) < 4.78 is 9.71. The van der Waals surface area contributed by atoms with Crippen molar-refractivity contribution >= 4 is 117 Å². The van der Waals surface area contributed by atoms with Crippen LogP contribution in [0.5, 0.6) is 0 Å². The van der Waals surface area contributed by atoms with Gasteiger partial charge in [-0.25, -0.2) is 0 Å². The Labute approximate surface area is 455 Å². The number of rotatable bonds is 5. The number of para-hydroxylation sites is 3. The van der Waals surface area contributed by atoms with Crippen molar-refractivity contribution in [3.8, 4) is 0 Å². The van der Waals surface area contributed by atoms with Crippen LogP contribution < -0.4 is 30.4 Å². The molecule has 13 rings (SSSR count). The number of hydrogen-bond donors (Lipinski definition) is 0. The van der Waals surface area contributed by atoms with Crippen molar-refractivity contribution in [1.82, 2.24) is 0 Å². The first kappa shape index (κ1) is 48.6. The molecule has 0 unspecified atom stereocenters. The standard InChI is InChI=1S/C70H70BN3OS/c1-66(2,3)43-26-31-47(32-27-43)73-56-35-30-45(68(7,8)9)38-55(56)71-62-58(73)39-49(72(46-20-15-14-16-21-46)57-24-19-23-51-50-22-17-18-25-60(50)75-64(51)57)40-59(62)74(48-33-28-44(29-34-48)67(4,5)6)63-52-41-53-54(42-61(52)76-65(63)71)70(12,13)37-36-69(53,10)11/h14-35,38-42H,36-37H2,1-13H3. The molecule has 4 heterocycles. The topological polar surface area (TPSA) is 22.9 Å². The van der Waals surface area contributed by atoms with E-state index in [1.165, 1.54) is 82.8 Å². The van der Waals surface area contributed by atoms with Crippen molar-refractivity contribution in [1.29, 1.82) is 0 Å². The SMILES string of the molecule is CC(C)(C)c1ccc(N2c3ccc(C(C)(C)C)cc3B3c4sc5cc6c(cc5c4N(c4ccc(C(C)(C)C)cc4)c4cc(N(c5ccccc5)c5cccc7c5oc5ccccc57)cc2c43)C(C)(C)CCC6(C)C)cc1. The highest BCUT2D eigenvalue weighted by Crippen LogP contribution is 2.54. The van der Waals surface area contributed by atoms with Gasteiger partial charge in [-0.05, 0) is 158 Å². The van der Waals surface area contributed by atoms with Gasteiger partial charge in [0, 0.05) is 59.8 Å². The maximum Gasteiger partial charge on any atom is 0.264 e. The average Bonchev–Trinajstić information content (AvgIpc) is 4.15. The number of benzene rings is 8. The Morgan fingerprint density at radius 3 is 1.68 bits per heavy atom. The van der Waals surface area contributed by atoms with E-state index in [1.807, 2.05) is 11.3 Å². The van der Waals surface area contributed by atoms with Crippen LogP contribution in [0.1, 0.15) is 131 Å². The third-order valence-corrected chi connectivity index (χ3v) is 18.6. The Morgan fingerprint density at radius 1 is 0.500 bits per heavy atom. The molecular formula is C70H70BN3OS. The minimum Gasteiger partial charge on any atom is -0.454 e. The molecule has 0 bridgehead atoms. The van der Waals surface area contributed by atoms with Gasteiger partial charge in [-0.2, -0.15) is 0 Å². The number of fused-ring (bicyclic) bond motifs is 10. The molecule has 2 aromatic heterocycles. The molecule has 3 aliphatic rings. The fourth-order valence-corrected chi connectivity index (χ4v) is 14.1. The van der Waals surface area contributed by atoms with E-state index in [2.05, 4.69) is 269 Å². The van der Waals surface area contributed by atoms with Crippen LogP contribution in [-0.2, 0) is 27.1 Å². The molecule has 4 nitrogen and oxygen atoms in total. The molecule has 380 valence electrons. The van der Waals surface area contributed by atoms with Crippen molar-refractivity contribution < 1.29 is 4.42 Å². The molecule has 8 aromatic carbocycles. The zero-order valence-electron chi connectivity index (χ0n) is 46.7. The largest absolute Gasteiger partial charge is 0.454 e. The van der Waals surface area contributed by atoms with Gasteiger partial charge in [0.1, 0.15) is 5.58 Å². The van der Waals surface area contributed by atoms with E-state index >= 15 is 0 Å². The van der Waals surface area contributed by atoms with E-state index in [1.54, 1.807) is 0 Å². The highest BCUT2D eigenvalue weighted by atomic mass is 32.1. The first-order valence-corrected chi connectivity index (χ1v) is 28.4. The fourth-order valence-electron chi connectivity index (χ4n) is 12.8. The molecule has 0 atom stereocenters. The second-order valence-electron chi connectivity index (χ2n) is 26.5. The monoisotopic (exact) mass is 1010 g/mol. The molecule has 0 radical (unpaired) electrons. The molecule has 2 aliphatic heterocycles. The Morgan fingerprint density at radius 2 is 1.05 bits per heavy atom. The van der Waals surface area contributed by atoms with Crippen LogP contribution >= 0.6 is 11.3 Å². The van der Waals surface area contributed by atoms with Crippen LogP contribution in [0.25, 0.3) is 32.0 Å². The van der Waals surface area contributed by atoms with Crippen molar-refractivity contribution in [3.63, 3.8) is 0 Å². The molecule has 0 N–H and O–H groups in total. The Kier molecular flexibility index (Phi) is 10.7. The molecule has 0 spiro atoms. The summed E-state index contributed by atoms with van der Waals surface area (Å²) in [5.74, 6) is 0. The first-order chi connectivity index (χ1) is 36.1. The Balaban J connectivity index is 1.19. The third kappa shape index (κ3) is 7.59. The quantitative estimate of drug-likeness (QED) is 0.160. The zero-order chi connectivity index (χ0) is 53.0. The summed E-state index contributed by atoms with van der Waals surface area (Å²) in [7, 11) is 0. The summed E-state index contributed by atoms with van der Waals surface area (Å²) in [6.45, 7) is 30.8. The van der Waals surface area contributed by atoms with Gasteiger partial charge in [0.25, 0.3) is 6.71 Å². The number of nitrogens with zero attached hydrogens (tertiary/aromatic N) is 3. The van der Waals surface area contributed by atoms with Gasteiger partial charge in [-0.3, -0.25) is 0 Å². The Hall–Kier alpha value is -7.02. The minimum absolute atomic E-state index is 0.00223. The molecule has 0 fully saturated rings. The van der Waals surface area contributed by atoms with Crippen molar-refractivity contribution in [2.75, 3.05) is 14.7 Å². The number of thiophene rings is 1. The number of furan rings is 1. The van der Waals surface area contributed by atoms with Crippen LogP contribution in [0, 0.1) is 0 Å². The summed E-state index contributed by atoms with van der Waals surface area (Å²) >= 11 is 2.02. The lowest BCUT2D eigenvalue weighted by Crippen LogP contribution is -2.60. The molecular weight excluding hydrogens is 942 g/mol. The van der Waals surface area contributed by atoms with Gasteiger partial charge < -0.3 is 19.1 Å². The lowest BCUT2D eigenvalue weighted by Gasteiger charge is -2.44. The van der Waals surface area contributed by atoms with Crippen LogP contribution in [0.15, 0.2) is 168 Å². The third-order valence-electron chi connectivity index (χ3n) is 17.4. The van der Waals surface area contributed by atoms with Gasteiger partial charge >= 0.3 is 0 Å². The van der Waals surface area contributed by atoms with E-state index in [4.69, 9.17) is 4.42 Å². The van der Waals surface area contributed by atoms with Crippen LogP contribution in [-0.4, -0.2) is 6.71 Å². The number of anilines is 9. The number of hydrogen-bond acceptors (Lipinski definition) is 5. The highest BCUT2D eigenvalue weighted by molar-refractivity contribution is 7.33. The van der Waals surface area contributed by atoms with Crippen LogP contribution in [0.3, 0.4) is 0 Å². The van der Waals surface area contributed by atoms with Crippen LogP contribution in [0.4, 0.5) is 51.2 Å². The van der Waals surface area contributed by atoms with Crippen molar-refractivity contribution in [3.05, 3.63) is 192 Å². The molecule has 1 aliphatic carbocycles. The summed E-state index contributed by atoms with van der Waals surface area (Å²) in [5, 5.41) is 3.55. The van der Waals surface area contributed by atoms with Crippen LogP contribution in [0.2, 0.25) is 0 Å². The molecule has 0 amide bonds. The minimum atomic E-state index is -0.0657. The van der Waals surface area contributed by atoms with Crippen molar-refractivity contribution in [2.45, 2.75) is 130 Å². The average molecular weight is 1010 g/mol.